The Hall–Kier alpha value is -3.81. The molecule has 3 unspecified atom stereocenters. The molecule has 190 valence electrons. The maximum absolute atomic E-state index is 16.1. The molecule has 2 saturated heterocycles. The van der Waals surface area contributed by atoms with Crippen LogP contribution in [0.1, 0.15) is 30.5 Å². The summed E-state index contributed by atoms with van der Waals surface area (Å²) in [5.74, 6) is 0.530. The number of nitrogen functional groups attached to an aromatic ring is 1. The Morgan fingerprint density at radius 2 is 2.11 bits per heavy atom. The van der Waals surface area contributed by atoms with Crippen LogP contribution in [0.3, 0.4) is 0 Å². The summed E-state index contributed by atoms with van der Waals surface area (Å²) in [7, 11) is 0. The first-order valence-corrected chi connectivity index (χ1v) is 12.2. The summed E-state index contributed by atoms with van der Waals surface area (Å²) >= 11 is 0. The van der Waals surface area contributed by atoms with E-state index >= 15 is 4.39 Å². The highest BCUT2D eigenvalue weighted by molar-refractivity contribution is 6.01. The van der Waals surface area contributed by atoms with Gasteiger partial charge in [0, 0.05) is 40.0 Å². The quantitative estimate of drug-likeness (QED) is 0.410. The number of rotatable bonds is 2. The Morgan fingerprint density at radius 1 is 1.32 bits per heavy atom. The second-order valence-corrected chi connectivity index (χ2v) is 9.97. The number of nitrogens with two attached hydrogens (primary N) is 1. The summed E-state index contributed by atoms with van der Waals surface area (Å²) in [6, 6.07) is 2.28. The smallest absolute Gasteiger partial charge is 0.165 e. The molecule has 2 fully saturated rings. The number of nitriles is 1. The molecule has 3 aromatic rings. The second-order valence-electron chi connectivity index (χ2n) is 9.97. The summed E-state index contributed by atoms with van der Waals surface area (Å²) < 4.78 is 42.0. The summed E-state index contributed by atoms with van der Waals surface area (Å²) in [5.41, 5.74) is 7.50. The predicted molar refractivity (Wildman–Crippen MR) is 135 cm³/mol. The van der Waals surface area contributed by atoms with Gasteiger partial charge in [-0.1, -0.05) is 13.5 Å². The van der Waals surface area contributed by atoms with Crippen LogP contribution in [-0.2, 0) is 22.7 Å². The van der Waals surface area contributed by atoms with Crippen LogP contribution in [0.5, 0.6) is 0 Å². The number of aliphatic imine (C=N–C) groups is 1. The van der Waals surface area contributed by atoms with Crippen molar-refractivity contribution < 1.29 is 18.3 Å². The average Bonchev–Trinajstić information content (AvgIpc) is 3.65. The van der Waals surface area contributed by atoms with Crippen molar-refractivity contribution in [2.24, 2.45) is 16.8 Å². The minimum atomic E-state index is -0.684. The van der Waals surface area contributed by atoms with Gasteiger partial charge in [-0.15, -0.1) is 0 Å². The molecule has 3 atom stereocenters. The van der Waals surface area contributed by atoms with Crippen LogP contribution >= 0.6 is 0 Å². The van der Waals surface area contributed by atoms with Crippen LogP contribution in [0.15, 0.2) is 11.2 Å². The zero-order valence-corrected chi connectivity index (χ0v) is 20.6. The molecule has 3 aliphatic heterocycles. The number of aromatic nitrogens is 2. The highest BCUT2D eigenvalue weighted by Gasteiger charge is 2.43. The van der Waals surface area contributed by atoms with E-state index < -0.39 is 11.6 Å². The van der Waals surface area contributed by atoms with Crippen LogP contribution in [-0.4, -0.2) is 46.5 Å². The van der Waals surface area contributed by atoms with E-state index in [1.54, 1.807) is 6.20 Å². The van der Waals surface area contributed by atoms with Crippen LogP contribution in [0.2, 0.25) is 0 Å². The first kappa shape index (κ1) is 23.6. The Bertz CT molecular complexity index is 1640. The van der Waals surface area contributed by atoms with E-state index in [1.165, 1.54) is 0 Å². The molecule has 8 nitrogen and oxygen atoms in total. The summed E-state index contributed by atoms with van der Waals surface area (Å²) in [4.78, 5) is 13.9. The van der Waals surface area contributed by atoms with Crippen molar-refractivity contribution in [1.29, 1.82) is 5.26 Å². The molecule has 3 N–H and O–H groups in total. The molecule has 37 heavy (non-hydrogen) atoms. The number of pyridine rings is 1. The van der Waals surface area contributed by atoms with Crippen molar-refractivity contribution in [3.63, 3.8) is 0 Å². The Kier molecular flexibility index (Phi) is 5.51. The van der Waals surface area contributed by atoms with E-state index in [4.69, 9.17) is 20.2 Å². The highest BCUT2D eigenvalue weighted by Crippen LogP contribution is 2.38. The molecule has 1 aromatic carbocycles. The molecule has 0 saturated carbocycles. The van der Waals surface area contributed by atoms with E-state index in [0.717, 1.165) is 30.7 Å². The first-order chi connectivity index (χ1) is 17.8. The Labute approximate surface area is 211 Å². The lowest BCUT2D eigenvalue weighted by molar-refractivity contribution is 0.134. The lowest BCUT2D eigenvalue weighted by Gasteiger charge is -2.24. The maximum atomic E-state index is 16.1. The van der Waals surface area contributed by atoms with Crippen molar-refractivity contribution in [2.75, 3.05) is 25.5 Å². The van der Waals surface area contributed by atoms with Crippen molar-refractivity contribution in [3.05, 3.63) is 45.0 Å². The number of hydrogen-bond acceptors (Lipinski definition) is 6. The molecule has 10 heteroatoms. The number of ether oxygens (including phenoxy) is 2. The fourth-order valence-corrected chi connectivity index (χ4v) is 5.98. The minimum absolute atomic E-state index is 0.00151. The lowest BCUT2D eigenvalue weighted by Crippen LogP contribution is -2.37. The molecular weight excluding hydrogens is 478 g/mol. The number of benzene rings is 1. The number of aromatic amines is 1. The fraction of sp³-hybridized carbons (Fsp3) is 0.370. The van der Waals surface area contributed by atoms with Crippen LogP contribution in [0.4, 0.5) is 14.6 Å². The van der Waals surface area contributed by atoms with Crippen LogP contribution in [0, 0.1) is 34.8 Å². The van der Waals surface area contributed by atoms with E-state index in [1.807, 2.05) is 13.0 Å². The van der Waals surface area contributed by atoms with Gasteiger partial charge >= 0.3 is 0 Å². The molecule has 6 rings (SSSR count). The normalized spacial score (nSPS) is 23.6. The number of H-pyrrole nitrogens is 1. The number of likely N-dealkylation sites (tertiary alicyclic amines) is 1. The summed E-state index contributed by atoms with van der Waals surface area (Å²) in [5, 5.41) is 10.5. The number of anilines is 1. The standard InChI is InChI=1S/C27H26F2N6O2/c1-12-7-35(21-11-37-8-17(12)21)14(3)32-5-16-13(2)24(29)22(19-10-36-9-18(16)19)26-23-15(4-30)27(31)34-25(23)20(28)6-33-26/h5-6,12,17,21,34H,2,7-11,31H2,1,3H3/b16-5+,32-14?. The van der Waals surface area contributed by atoms with Crippen LogP contribution < -0.4 is 16.2 Å². The Balaban J connectivity index is 1.52. The average molecular weight is 505 g/mol. The Morgan fingerprint density at radius 3 is 2.89 bits per heavy atom. The number of hydrogen-bond donors (Lipinski definition) is 2. The number of nitrogens with zero attached hydrogens (tertiary/aromatic N) is 4. The molecule has 0 bridgehead atoms. The van der Waals surface area contributed by atoms with Gasteiger partial charge in [-0.3, -0.25) is 4.98 Å². The minimum Gasteiger partial charge on any atom is -0.384 e. The van der Waals surface area contributed by atoms with Crippen molar-refractivity contribution in [2.45, 2.75) is 33.1 Å². The third-order valence-corrected chi connectivity index (χ3v) is 7.96. The number of fused-ring (bicyclic) bond motifs is 3. The van der Waals surface area contributed by atoms with Gasteiger partial charge in [-0.2, -0.15) is 5.26 Å². The number of amidine groups is 1. The molecule has 0 spiro atoms. The molecule has 3 aliphatic rings. The van der Waals surface area contributed by atoms with Gasteiger partial charge in [0.05, 0.1) is 49.9 Å². The van der Waals surface area contributed by atoms with E-state index in [9.17, 15) is 9.65 Å². The first-order valence-electron chi connectivity index (χ1n) is 12.2. The van der Waals surface area contributed by atoms with E-state index in [-0.39, 0.29) is 52.0 Å². The van der Waals surface area contributed by atoms with Crippen LogP contribution in [0.25, 0.3) is 34.9 Å². The molecule has 5 heterocycles. The number of nitrogens with one attached hydrogen (secondary N) is 1. The van der Waals surface area contributed by atoms with Gasteiger partial charge in [-0.05, 0) is 24.0 Å². The maximum Gasteiger partial charge on any atom is 0.165 e. The van der Waals surface area contributed by atoms with Crippen molar-refractivity contribution in [1.82, 2.24) is 14.9 Å². The second kappa shape index (κ2) is 8.64. The summed E-state index contributed by atoms with van der Waals surface area (Å²) in [6.45, 7) is 10.9. The molecule has 0 aliphatic carbocycles. The third kappa shape index (κ3) is 3.45. The zero-order valence-electron chi connectivity index (χ0n) is 20.6. The molecule has 2 aromatic heterocycles. The molecular formula is C27H26F2N6O2. The zero-order chi connectivity index (χ0) is 26.0. The third-order valence-electron chi connectivity index (χ3n) is 7.96. The topological polar surface area (TPSA) is 113 Å². The molecule has 0 amide bonds. The SMILES string of the molecule is C=c1c(F)c(-c2ncc(F)c3[nH]c(N)c(C#N)c23)c2c(/c1=C/N=C(C)N1CC(C)C3COCC31)COC2. The van der Waals surface area contributed by atoms with Crippen molar-refractivity contribution in [3.8, 4) is 17.3 Å². The van der Waals surface area contributed by atoms with Gasteiger partial charge in [-0.25, -0.2) is 13.8 Å². The van der Waals surface area contributed by atoms with E-state index in [0.29, 0.717) is 35.3 Å². The summed E-state index contributed by atoms with van der Waals surface area (Å²) in [6.07, 6.45) is 2.64. The van der Waals surface area contributed by atoms with Gasteiger partial charge < -0.3 is 25.1 Å². The largest absolute Gasteiger partial charge is 0.384 e. The fourth-order valence-electron chi connectivity index (χ4n) is 5.98. The highest BCUT2D eigenvalue weighted by atomic mass is 19.1. The lowest BCUT2D eigenvalue weighted by atomic mass is 9.94. The molecule has 0 radical (unpaired) electrons. The van der Waals surface area contributed by atoms with Crippen molar-refractivity contribution >= 4 is 35.3 Å². The van der Waals surface area contributed by atoms with Gasteiger partial charge in [0.2, 0.25) is 0 Å². The van der Waals surface area contributed by atoms with Gasteiger partial charge in [0.25, 0.3) is 0 Å². The van der Waals surface area contributed by atoms with Gasteiger partial charge in [0.1, 0.15) is 29.1 Å². The number of halogens is 2. The monoisotopic (exact) mass is 504 g/mol. The van der Waals surface area contributed by atoms with Gasteiger partial charge in [0.15, 0.2) is 5.82 Å². The predicted octanol–water partition coefficient (Wildman–Crippen LogP) is 2.53. The van der Waals surface area contributed by atoms with E-state index in [2.05, 4.69) is 28.4 Å².